The smallest absolute Gasteiger partial charge is 0.231 e. The Morgan fingerprint density at radius 3 is 2.70 bits per heavy atom. The van der Waals surface area contributed by atoms with Crippen LogP contribution in [0.15, 0.2) is 72.9 Å². The molecule has 0 saturated heterocycles. The molecule has 33 heavy (non-hydrogen) atoms. The Bertz CT molecular complexity index is 1240. The van der Waals surface area contributed by atoms with E-state index in [1.165, 1.54) is 12.1 Å². The molecular formula is C25H22ClFN4O2. The van der Waals surface area contributed by atoms with Gasteiger partial charge in [-0.05, 0) is 55.0 Å². The molecule has 0 aliphatic heterocycles. The van der Waals surface area contributed by atoms with Gasteiger partial charge < -0.3 is 10.1 Å². The fourth-order valence-corrected chi connectivity index (χ4v) is 3.50. The van der Waals surface area contributed by atoms with Crippen molar-refractivity contribution in [2.24, 2.45) is 0 Å². The van der Waals surface area contributed by atoms with Gasteiger partial charge in [-0.15, -0.1) is 0 Å². The molecule has 0 unspecified atom stereocenters. The molecule has 0 radical (unpaired) electrons. The maximum atomic E-state index is 13.1. The maximum absolute atomic E-state index is 13.1. The molecule has 2 heterocycles. The predicted octanol–water partition coefficient (Wildman–Crippen LogP) is 5.19. The Hall–Kier alpha value is -3.71. The number of aromatic nitrogens is 3. The number of nitrogens with one attached hydrogen (secondary N) is 1. The zero-order valence-corrected chi connectivity index (χ0v) is 18.7. The molecule has 0 saturated carbocycles. The molecule has 2 aromatic carbocycles. The first-order chi connectivity index (χ1) is 16.0. The van der Waals surface area contributed by atoms with Crippen LogP contribution < -0.4 is 10.1 Å². The van der Waals surface area contributed by atoms with E-state index in [0.29, 0.717) is 35.4 Å². The topological polar surface area (TPSA) is 69.0 Å². The number of rotatable bonds is 8. The Labute approximate surface area is 196 Å². The number of carbonyl (C=O) groups is 1. The third-order valence-electron chi connectivity index (χ3n) is 4.97. The van der Waals surface area contributed by atoms with Crippen molar-refractivity contribution in [2.45, 2.75) is 26.5 Å². The van der Waals surface area contributed by atoms with Gasteiger partial charge >= 0.3 is 0 Å². The van der Waals surface area contributed by atoms with Crippen LogP contribution in [0.2, 0.25) is 5.02 Å². The lowest BCUT2D eigenvalue weighted by Gasteiger charge is -2.13. The number of nitrogens with zero attached hydrogens (tertiary/aromatic N) is 3. The molecule has 2 aromatic heterocycles. The highest BCUT2D eigenvalue weighted by atomic mass is 35.5. The molecule has 1 N–H and O–H groups in total. The number of pyridine rings is 1. The highest BCUT2D eigenvalue weighted by molar-refractivity contribution is 6.30. The number of hydrogen-bond donors (Lipinski definition) is 1. The molecule has 4 rings (SSSR count). The standard InChI is InChI=1S/C25H22ClFN4O2/c1-17-12-24(29-25(32)14-22-4-2-3-11-28-22)30-31(17)15-19-13-20(26)7-10-23(19)33-16-18-5-8-21(27)9-6-18/h2-13H,14-16H2,1H3,(H,29,30,32). The van der Waals surface area contributed by atoms with Crippen LogP contribution in [-0.2, 0) is 24.4 Å². The summed E-state index contributed by atoms with van der Waals surface area (Å²) < 4.78 is 20.9. The molecular weight excluding hydrogens is 443 g/mol. The minimum Gasteiger partial charge on any atom is -0.489 e. The van der Waals surface area contributed by atoms with Gasteiger partial charge in [0.05, 0.1) is 13.0 Å². The number of carbonyl (C=O) groups excluding carboxylic acids is 1. The summed E-state index contributed by atoms with van der Waals surface area (Å²) >= 11 is 6.22. The molecule has 4 aromatic rings. The van der Waals surface area contributed by atoms with Crippen molar-refractivity contribution < 1.29 is 13.9 Å². The van der Waals surface area contributed by atoms with Crippen LogP contribution >= 0.6 is 11.6 Å². The lowest BCUT2D eigenvalue weighted by molar-refractivity contribution is -0.115. The zero-order valence-electron chi connectivity index (χ0n) is 18.0. The van der Waals surface area contributed by atoms with E-state index in [1.807, 2.05) is 19.1 Å². The summed E-state index contributed by atoms with van der Waals surface area (Å²) in [5.74, 6) is 0.635. The Morgan fingerprint density at radius 1 is 1.12 bits per heavy atom. The number of benzene rings is 2. The second kappa shape index (κ2) is 10.3. The van der Waals surface area contributed by atoms with Crippen molar-refractivity contribution in [2.75, 3.05) is 5.32 Å². The molecule has 0 bridgehead atoms. The maximum Gasteiger partial charge on any atom is 0.231 e. The first-order valence-electron chi connectivity index (χ1n) is 10.4. The van der Waals surface area contributed by atoms with Gasteiger partial charge in [-0.2, -0.15) is 5.10 Å². The van der Waals surface area contributed by atoms with E-state index in [-0.39, 0.29) is 18.1 Å². The molecule has 0 aliphatic rings. The second-order valence-electron chi connectivity index (χ2n) is 7.54. The molecule has 0 aliphatic carbocycles. The van der Waals surface area contributed by atoms with Crippen LogP contribution in [-0.4, -0.2) is 20.7 Å². The third kappa shape index (κ3) is 6.17. The van der Waals surface area contributed by atoms with E-state index in [1.54, 1.807) is 53.3 Å². The molecule has 0 atom stereocenters. The third-order valence-corrected chi connectivity index (χ3v) is 5.20. The van der Waals surface area contributed by atoms with Crippen molar-refractivity contribution in [3.63, 3.8) is 0 Å². The number of amides is 1. The molecule has 168 valence electrons. The number of halogens is 2. The Morgan fingerprint density at radius 2 is 1.94 bits per heavy atom. The van der Waals surface area contributed by atoms with Crippen molar-refractivity contribution in [1.82, 2.24) is 14.8 Å². The summed E-state index contributed by atoms with van der Waals surface area (Å²) in [6, 6.07) is 18.8. The summed E-state index contributed by atoms with van der Waals surface area (Å²) in [6.07, 6.45) is 1.82. The minimum absolute atomic E-state index is 0.169. The number of aryl methyl sites for hydroxylation is 1. The quantitative estimate of drug-likeness (QED) is 0.389. The van der Waals surface area contributed by atoms with Gasteiger partial charge in [0.1, 0.15) is 18.2 Å². The summed E-state index contributed by atoms with van der Waals surface area (Å²) in [5, 5.41) is 7.90. The largest absolute Gasteiger partial charge is 0.489 e. The monoisotopic (exact) mass is 464 g/mol. The van der Waals surface area contributed by atoms with Gasteiger partial charge in [-0.25, -0.2) is 4.39 Å². The van der Waals surface area contributed by atoms with E-state index in [4.69, 9.17) is 16.3 Å². The van der Waals surface area contributed by atoms with Gasteiger partial charge in [0.25, 0.3) is 0 Å². The van der Waals surface area contributed by atoms with Crippen LogP contribution in [0.3, 0.4) is 0 Å². The van der Waals surface area contributed by atoms with Crippen molar-refractivity contribution in [3.05, 3.63) is 106 Å². The van der Waals surface area contributed by atoms with E-state index >= 15 is 0 Å². The van der Waals surface area contributed by atoms with Gasteiger partial charge in [-0.3, -0.25) is 14.5 Å². The summed E-state index contributed by atoms with van der Waals surface area (Å²) in [5.41, 5.74) is 3.24. The van der Waals surface area contributed by atoms with Crippen LogP contribution in [0.25, 0.3) is 0 Å². The fraction of sp³-hybridized carbons (Fsp3) is 0.160. The van der Waals surface area contributed by atoms with Gasteiger partial charge in [-0.1, -0.05) is 29.8 Å². The highest BCUT2D eigenvalue weighted by Crippen LogP contribution is 2.26. The number of hydrogen-bond acceptors (Lipinski definition) is 4. The zero-order chi connectivity index (χ0) is 23.2. The van der Waals surface area contributed by atoms with E-state index in [9.17, 15) is 9.18 Å². The lowest BCUT2D eigenvalue weighted by Crippen LogP contribution is -2.16. The Kier molecular flexibility index (Phi) is 7.00. The van der Waals surface area contributed by atoms with E-state index in [0.717, 1.165) is 16.8 Å². The first-order valence-corrected chi connectivity index (χ1v) is 10.7. The average Bonchev–Trinajstić information content (AvgIpc) is 3.13. The average molecular weight is 465 g/mol. The normalized spacial score (nSPS) is 10.8. The SMILES string of the molecule is Cc1cc(NC(=O)Cc2ccccn2)nn1Cc1cc(Cl)ccc1OCc1ccc(F)cc1. The first kappa shape index (κ1) is 22.5. The molecule has 6 nitrogen and oxygen atoms in total. The van der Waals surface area contributed by atoms with Crippen LogP contribution in [0, 0.1) is 12.7 Å². The van der Waals surface area contributed by atoms with Gasteiger partial charge in [0.2, 0.25) is 5.91 Å². The molecule has 1 amide bonds. The number of anilines is 1. The molecule has 0 fully saturated rings. The Balaban J connectivity index is 1.45. The summed E-state index contributed by atoms with van der Waals surface area (Å²) in [7, 11) is 0. The van der Waals surface area contributed by atoms with E-state index < -0.39 is 0 Å². The van der Waals surface area contributed by atoms with Crippen LogP contribution in [0.1, 0.15) is 22.5 Å². The number of ether oxygens (including phenoxy) is 1. The second-order valence-corrected chi connectivity index (χ2v) is 7.98. The van der Waals surface area contributed by atoms with Crippen molar-refractivity contribution in [1.29, 1.82) is 0 Å². The lowest BCUT2D eigenvalue weighted by atomic mass is 10.2. The van der Waals surface area contributed by atoms with Gasteiger partial charge in [0.15, 0.2) is 5.82 Å². The van der Waals surface area contributed by atoms with Crippen molar-refractivity contribution >= 4 is 23.3 Å². The van der Waals surface area contributed by atoms with Crippen molar-refractivity contribution in [3.8, 4) is 5.75 Å². The highest BCUT2D eigenvalue weighted by Gasteiger charge is 2.12. The summed E-state index contributed by atoms with van der Waals surface area (Å²) in [4.78, 5) is 16.5. The molecule has 8 heteroatoms. The van der Waals surface area contributed by atoms with Crippen LogP contribution in [0.5, 0.6) is 5.75 Å². The van der Waals surface area contributed by atoms with E-state index in [2.05, 4.69) is 15.4 Å². The fourth-order valence-electron chi connectivity index (χ4n) is 3.30. The van der Waals surface area contributed by atoms with Crippen LogP contribution in [0.4, 0.5) is 10.2 Å². The molecule has 0 spiro atoms. The predicted molar refractivity (Wildman–Crippen MR) is 125 cm³/mol. The summed E-state index contributed by atoms with van der Waals surface area (Å²) in [6.45, 7) is 2.61. The van der Waals surface area contributed by atoms with Gasteiger partial charge in [0, 0.05) is 34.2 Å². The minimum atomic E-state index is -0.289.